The number of benzene rings is 1. The fourth-order valence-electron chi connectivity index (χ4n) is 0.875. The maximum absolute atomic E-state index is 3.65. The van der Waals surface area contributed by atoms with E-state index >= 15 is 0 Å². The molecule has 1 rings (SSSR count). The topological polar surface area (TPSA) is 12.0 Å². The average molecular weight is 147 g/mol. The molecule has 58 valence electrons. The molecule has 0 aliphatic carbocycles. The Balaban J connectivity index is 2.33. The molecule has 1 N–H and O–H groups in total. The normalized spacial score (nSPS) is 9.09. The zero-order chi connectivity index (χ0) is 7.94. The summed E-state index contributed by atoms with van der Waals surface area (Å²) in [4.78, 5) is 0. The van der Waals surface area contributed by atoms with Crippen molar-refractivity contribution in [2.24, 2.45) is 0 Å². The maximum Gasteiger partial charge on any atom is 0.0340 e. The van der Waals surface area contributed by atoms with Gasteiger partial charge in [-0.25, -0.2) is 0 Å². The minimum atomic E-state index is 0.966. The van der Waals surface area contributed by atoms with Gasteiger partial charge < -0.3 is 5.32 Å². The van der Waals surface area contributed by atoms with E-state index in [0.717, 1.165) is 13.0 Å². The van der Waals surface area contributed by atoms with E-state index in [-0.39, 0.29) is 0 Å². The maximum atomic E-state index is 3.65. The molecule has 1 aromatic carbocycles. The summed E-state index contributed by atoms with van der Waals surface area (Å²) >= 11 is 0. The Hall–Kier alpha value is -1.24. The molecule has 0 aromatic heterocycles. The van der Waals surface area contributed by atoms with Crippen molar-refractivity contribution in [3.8, 4) is 0 Å². The standard InChI is InChI=1S/C10H13N/c1-2-3-9-11-10-7-5-4-6-8-10/h2,4-8,11H,1,3,9H2. The molecule has 0 bridgehead atoms. The second-order valence-electron chi connectivity index (χ2n) is 2.37. The van der Waals surface area contributed by atoms with Crippen LogP contribution in [-0.2, 0) is 0 Å². The van der Waals surface area contributed by atoms with Gasteiger partial charge in [0.15, 0.2) is 0 Å². The van der Waals surface area contributed by atoms with Gasteiger partial charge in [-0.2, -0.15) is 0 Å². The molecule has 1 nitrogen and oxygen atoms in total. The van der Waals surface area contributed by atoms with Crippen molar-refractivity contribution >= 4 is 5.69 Å². The highest BCUT2D eigenvalue weighted by atomic mass is 14.9. The van der Waals surface area contributed by atoms with E-state index in [2.05, 4.69) is 24.0 Å². The molecule has 1 heteroatoms. The minimum Gasteiger partial charge on any atom is -0.385 e. The summed E-state index contributed by atoms with van der Waals surface area (Å²) in [6.07, 6.45) is 2.92. The summed E-state index contributed by atoms with van der Waals surface area (Å²) in [5.74, 6) is 0. The molecule has 1 aromatic rings. The Morgan fingerprint density at radius 2 is 2.00 bits per heavy atom. The van der Waals surface area contributed by atoms with Gasteiger partial charge in [-0.3, -0.25) is 0 Å². The van der Waals surface area contributed by atoms with Gasteiger partial charge in [0.25, 0.3) is 0 Å². The van der Waals surface area contributed by atoms with E-state index in [1.54, 1.807) is 0 Å². The van der Waals surface area contributed by atoms with Gasteiger partial charge in [0, 0.05) is 12.2 Å². The van der Waals surface area contributed by atoms with Crippen LogP contribution in [0.3, 0.4) is 0 Å². The van der Waals surface area contributed by atoms with Crippen LogP contribution in [0.4, 0.5) is 5.69 Å². The van der Waals surface area contributed by atoms with Crippen LogP contribution < -0.4 is 5.32 Å². The number of anilines is 1. The van der Waals surface area contributed by atoms with Gasteiger partial charge in [-0.1, -0.05) is 24.3 Å². The zero-order valence-electron chi connectivity index (χ0n) is 6.59. The van der Waals surface area contributed by atoms with Crippen molar-refractivity contribution in [3.63, 3.8) is 0 Å². The van der Waals surface area contributed by atoms with Gasteiger partial charge in [0.2, 0.25) is 0 Å². The summed E-state index contributed by atoms with van der Waals surface area (Å²) in [6, 6.07) is 10.2. The Morgan fingerprint density at radius 3 is 2.64 bits per heavy atom. The summed E-state index contributed by atoms with van der Waals surface area (Å²) in [5.41, 5.74) is 1.18. The fourth-order valence-corrected chi connectivity index (χ4v) is 0.875. The highest BCUT2D eigenvalue weighted by molar-refractivity contribution is 5.42. The van der Waals surface area contributed by atoms with Gasteiger partial charge in [-0.15, -0.1) is 6.58 Å². The van der Waals surface area contributed by atoms with Gasteiger partial charge in [0.1, 0.15) is 0 Å². The van der Waals surface area contributed by atoms with Crippen molar-refractivity contribution in [1.29, 1.82) is 0 Å². The van der Waals surface area contributed by atoms with E-state index in [4.69, 9.17) is 0 Å². The van der Waals surface area contributed by atoms with Crippen molar-refractivity contribution < 1.29 is 0 Å². The van der Waals surface area contributed by atoms with Gasteiger partial charge >= 0.3 is 0 Å². The van der Waals surface area contributed by atoms with E-state index in [1.165, 1.54) is 5.69 Å². The molecule has 0 radical (unpaired) electrons. The third kappa shape index (κ3) is 2.89. The van der Waals surface area contributed by atoms with E-state index in [9.17, 15) is 0 Å². The van der Waals surface area contributed by atoms with Crippen LogP contribution in [0.5, 0.6) is 0 Å². The second-order valence-corrected chi connectivity index (χ2v) is 2.37. The molecule has 0 heterocycles. The first kappa shape index (κ1) is 7.86. The summed E-state index contributed by atoms with van der Waals surface area (Å²) in [7, 11) is 0. The quantitative estimate of drug-likeness (QED) is 0.510. The van der Waals surface area contributed by atoms with Gasteiger partial charge in [0.05, 0.1) is 0 Å². The lowest BCUT2D eigenvalue weighted by Gasteiger charge is -2.02. The number of hydrogen-bond acceptors (Lipinski definition) is 1. The first-order valence-electron chi connectivity index (χ1n) is 3.83. The fraction of sp³-hybridized carbons (Fsp3) is 0.200. The van der Waals surface area contributed by atoms with Crippen LogP contribution in [0, 0.1) is 0 Å². The monoisotopic (exact) mass is 147 g/mol. The van der Waals surface area contributed by atoms with E-state index in [0.29, 0.717) is 0 Å². The third-order valence-corrected chi connectivity index (χ3v) is 1.45. The Bertz CT molecular complexity index is 203. The molecule has 0 fully saturated rings. The lowest BCUT2D eigenvalue weighted by molar-refractivity contribution is 1.07. The molecular weight excluding hydrogens is 134 g/mol. The Morgan fingerprint density at radius 1 is 1.27 bits per heavy atom. The predicted molar refractivity (Wildman–Crippen MR) is 49.7 cm³/mol. The summed E-state index contributed by atoms with van der Waals surface area (Å²) in [5, 5.41) is 3.27. The van der Waals surface area contributed by atoms with Crippen molar-refractivity contribution in [1.82, 2.24) is 0 Å². The van der Waals surface area contributed by atoms with Crippen LogP contribution >= 0.6 is 0 Å². The van der Waals surface area contributed by atoms with Crippen molar-refractivity contribution in [2.75, 3.05) is 11.9 Å². The lowest BCUT2D eigenvalue weighted by atomic mass is 10.3. The van der Waals surface area contributed by atoms with Crippen LogP contribution in [-0.4, -0.2) is 6.54 Å². The third-order valence-electron chi connectivity index (χ3n) is 1.45. The number of nitrogens with one attached hydrogen (secondary N) is 1. The summed E-state index contributed by atoms with van der Waals surface area (Å²) in [6.45, 7) is 4.62. The molecule has 0 unspecified atom stereocenters. The van der Waals surface area contributed by atoms with Crippen molar-refractivity contribution in [3.05, 3.63) is 43.0 Å². The number of para-hydroxylation sites is 1. The lowest BCUT2D eigenvalue weighted by Crippen LogP contribution is -1.98. The first-order chi connectivity index (χ1) is 5.43. The molecule has 0 amide bonds. The van der Waals surface area contributed by atoms with E-state index in [1.807, 2.05) is 24.3 Å². The smallest absolute Gasteiger partial charge is 0.0340 e. The van der Waals surface area contributed by atoms with Crippen LogP contribution in [0.25, 0.3) is 0 Å². The average Bonchev–Trinajstić information content (AvgIpc) is 2.07. The van der Waals surface area contributed by atoms with Crippen LogP contribution in [0.2, 0.25) is 0 Å². The van der Waals surface area contributed by atoms with Crippen molar-refractivity contribution in [2.45, 2.75) is 6.42 Å². The molecule has 0 spiro atoms. The Kier molecular flexibility index (Phi) is 3.26. The zero-order valence-corrected chi connectivity index (χ0v) is 6.59. The highest BCUT2D eigenvalue weighted by Gasteiger charge is 1.85. The molecule has 0 aliphatic rings. The highest BCUT2D eigenvalue weighted by Crippen LogP contribution is 2.04. The molecule has 0 atom stereocenters. The molecule has 11 heavy (non-hydrogen) atoms. The van der Waals surface area contributed by atoms with E-state index < -0.39 is 0 Å². The largest absolute Gasteiger partial charge is 0.385 e. The molecular formula is C10H13N. The minimum absolute atomic E-state index is 0.966. The SMILES string of the molecule is C=CCCNc1ccccc1. The van der Waals surface area contributed by atoms with Crippen LogP contribution in [0.15, 0.2) is 43.0 Å². The number of rotatable bonds is 4. The second kappa shape index (κ2) is 4.56. The van der Waals surface area contributed by atoms with Crippen LogP contribution in [0.1, 0.15) is 6.42 Å². The predicted octanol–water partition coefficient (Wildman–Crippen LogP) is 2.67. The Labute approximate surface area is 67.8 Å². The first-order valence-corrected chi connectivity index (χ1v) is 3.83. The molecule has 0 saturated heterocycles. The van der Waals surface area contributed by atoms with Gasteiger partial charge in [-0.05, 0) is 18.6 Å². The number of hydrogen-bond donors (Lipinski definition) is 1. The molecule has 0 aliphatic heterocycles. The summed E-state index contributed by atoms with van der Waals surface area (Å²) < 4.78 is 0. The molecule has 0 saturated carbocycles.